The van der Waals surface area contributed by atoms with E-state index in [9.17, 15) is 18.4 Å². The van der Waals surface area contributed by atoms with Crippen LogP contribution >= 0.6 is 0 Å². The molecular weight excluding hydrogens is 284 g/mol. The van der Waals surface area contributed by atoms with Gasteiger partial charge in [0.25, 0.3) is 0 Å². The predicted octanol–water partition coefficient (Wildman–Crippen LogP) is 1.72. The standard InChI is InChI=1S/C12H11F2N5O2/c1-2-10(20)17-5-9(15)12(21)6-3-7(13)11(18-19-16)8(14)4-6/h2-4,9H,1,5,15H2,(H,17,20). The third kappa shape index (κ3) is 4.10. The van der Waals surface area contributed by atoms with E-state index in [0.717, 1.165) is 6.08 Å². The van der Waals surface area contributed by atoms with Gasteiger partial charge in [0.1, 0.15) is 17.3 Å². The highest BCUT2D eigenvalue weighted by atomic mass is 19.1. The third-order valence-corrected chi connectivity index (χ3v) is 2.46. The highest BCUT2D eigenvalue weighted by molar-refractivity contribution is 6.00. The fourth-order valence-corrected chi connectivity index (χ4v) is 1.44. The molecule has 9 heteroatoms. The van der Waals surface area contributed by atoms with Crippen LogP contribution in [-0.2, 0) is 4.79 Å². The highest BCUT2D eigenvalue weighted by Crippen LogP contribution is 2.24. The summed E-state index contributed by atoms with van der Waals surface area (Å²) >= 11 is 0. The van der Waals surface area contributed by atoms with Gasteiger partial charge in [-0.05, 0) is 23.7 Å². The Labute approximate surface area is 118 Å². The Morgan fingerprint density at radius 3 is 2.52 bits per heavy atom. The van der Waals surface area contributed by atoms with Crippen molar-refractivity contribution in [3.63, 3.8) is 0 Å². The molecule has 0 bridgehead atoms. The fourth-order valence-electron chi connectivity index (χ4n) is 1.44. The van der Waals surface area contributed by atoms with Gasteiger partial charge in [0.05, 0.1) is 6.04 Å². The van der Waals surface area contributed by atoms with E-state index in [0.29, 0.717) is 12.1 Å². The number of carbonyl (C=O) groups excluding carboxylic acids is 2. The molecule has 1 aromatic rings. The molecule has 0 aliphatic carbocycles. The van der Waals surface area contributed by atoms with Crippen LogP contribution < -0.4 is 11.1 Å². The number of amides is 1. The van der Waals surface area contributed by atoms with Crippen molar-refractivity contribution in [2.24, 2.45) is 10.8 Å². The van der Waals surface area contributed by atoms with E-state index in [4.69, 9.17) is 11.3 Å². The second kappa shape index (κ2) is 7.13. The first-order valence-electron chi connectivity index (χ1n) is 5.65. The van der Waals surface area contributed by atoms with Crippen LogP contribution in [0, 0.1) is 11.6 Å². The molecule has 7 nitrogen and oxygen atoms in total. The molecule has 0 heterocycles. The van der Waals surface area contributed by atoms with Gasteiger partial charge in [0, 0.05) is 17.0 Å². The van der Waals surface area contributed by atoms with Crippen molar-refractivity contribution in [3.05, 3.63) is 52.4 Å². The first kappa shape index (κ1) is 16.3. The number of rotatable bonds is 6. The van der Waals surface area contributed by atoms with E-state index in [2.05, 4.69) is 21.9 Å². The minimum absolute atomic E-state index is 0.217. The highest BCUT2D eigenvalue weighted by Gasteiger charge is 2.20. The summed E-state index contributed by atoms with van der Waals surface area (Å²) in [6.07, 6.45) is 0.991. The van der Waals surface area contributed by atoms with E-state index >= 15 is 0 Å². The molecule has 0 aliphatic heterocycles. The maximum Gasteiger partial charge on any atom is 0.243 e. The summed E-state index contributed by atoms with van der Waals surface area (Å²) in [5.74, 6) is -3.67. The Balaban J connectivity index is 2.95. The van der Waals surface area contributed by atoms with Crippen LogP contribution in [0.1, 0.15) is 10.4 Å². The van der Waals surface area contributed by atoms with Crippen molar-refractivity contribution in [1.82, 2.24) is 5.32 Å². The first-order valence-corrected chi connectivity index (χ1v) is 5.65. The zero-order valence-corrected chi connectivity index (χ0v) is 10.7. The fraction of sp³-hybridized carbons (Fsp3) is 0.167. The van der Waals surface area contributed by atoms with Gasteiger partial charge in [-0.3, -0.25) is 9.59 Å². The number of benzene rings is 1. The summed E-state index contributed by atoms with van der Waals surface area (Å²) in [7, 11) is 0. The minimum atomic E-state index is -1.18. The number of hydrogen-bond acceptors (Lipinski definition) is 4. The average molecular weight is 295 g/mol. The van der Waals surface area contributed by atoms with Gasteiger partial charge in [-0.15, -0.1) is 0 Å². The Morgan fingerprint density at radius 1 is 1.48 bits per heavy atom. The normalized spacial score (nSPS) is 11.2. The quantitative estimate of drug-likeness (QED) is 0.273. The summed E-state index contributed by atoms with van der Waals surface area (Å²) in [5, 5.41) is 5.13. The summed E-state index contributed by atoms with van der Waals surface area (Å²) in [5.41, 5.74) is 12.5. The second-order valence-electron chi connectivity index (χ2n) is 3.90. The number of Topliss-reactive ketones (excluding diaryl/α,β-unsaturated/α-hetero) is 1. The zero-order valence-electron chi connectivity index (χ0n) is 10.7. The Bertz CT molecular complexity index is 618. The van der Waals surface area contributed by atoms with Crippen LogP contribution in [0.3, 0.4) is 0 Å². The number of carbonyl (C=O) groups is 2. The molecule has 1 aromatic carbocycles. The van der Waals surface area contributed by atoms with Crippen LogP contribution in [0.15, 0.2) is 29.9 Å². The van der Waals surface area contributed by atoms with E-state index in [1.165, 1.54) is 0 Å². The van der Waals surface area contributed by atoms with Gasteiger partial charge in [-0.25, -0.2) is 8.78 Å². The SMILES string of the molecule is C=CC(=O)NCC(N)C(=O)c1cc(F)c(N=[N+]=[N-])c(F)c1. The molecule has 21 heavy (non-hydrogen) atoms. The van der Waals surface area contributed by atoms with Crippen molar-refractivity contribution in [2.45, 2.75) is 6.04 Å². The molecule has 0 spiro atoms. The van der Waals surface area contributed by atoms with Gasteiger partial charge in [0.15, 0.2) is 5.78 Å². The number of nitrogens with one attached hydrogen (secondary N) is 1. The molecule has 1 amide bonds. The van der Waals surface area contributed by atoms with Crippen molar-refractivity contribution >= 4 is 17.4 Å². The third-order valence-electron chi connectivity index (χ3n) is 2.46. The van der Waals surface area contributed by atoms with Crippen LogP contribution in [0.5, 0.6) is 0 Å². The molecule has 1 rings (SSSR count). The van der Waals surface area contributed by atoms with Crippen LogP contribution in [-0.4, -0.2) is 24.3 Å². The number of nitrogens with two attached hydrogens (primary N) is 1. The molecule has 1 atom stereocenters. The van der Waals surface area contributed by atoms with E-state index in [-0.39, 0.29) is 12.1 Å². The first-order chi connectivity index (χ1) is 9.90. The predicted molar refractivity (Wildman–Crippen MR) is 70.7 cm³/mol. The number of ketones is 1. The number of halogens is 2. The Kier molecular flexibility index (Phi) is 5.53. The second-order valence-corrected chi connectivity index (χ2v) is 3.90. The molecule has 0 saturated carbocycles. The molecule has 0 radical (unpaired) electrons. The Morgan fingerprint density at radius 2 is 2.05 bits per heavy atom. The van der Waals surface area contributed by atoms with Crippen molar-refractivity contribution in [3.8, 4) is 0 Å². The molecule has 110 valence electrons. The molecule has 0 saturated heterocycles. The smallest absolute Gasteiger partial charge is 0.243 e. The van der Waals surface area contributed by atoms with Gasteiger partial charge >= 0.3 is 0 Å². The zero-order chi connectivity index (χ0) is 16.0. The summed E-state index contributed by atoms with van der Waals surface area (Å²) in [6.45, 7) is 3.00. The number of hydrogen-bond donors (Lipinski definition) is 2. The molecule has 0 aliphatic rings. The van der Waals surface area contributed by atoms with Crippen molar-refractivity contribution < 1.29 is 18.4 Å². The molecule has 0 fully saturated rings. The largest absolute Gasteiger partial charge is 0.351 e. The summed E-state index contributed by atoms with van der Waals surface area (Å²) < 4.78 is 27.0. The monoisotopic (exact) mass is 295 g/mol. The number of azide groups is 1. The van der Waals surface area contributed by atoms with E-state index < -0.39 is 35.1 Å². The molecule has 0 aromatic heterocycles. The van der Waals surface area contributed by atoms with Crippen LogP contribution in [0.25, 0.3) is 10.4 Å². The maximum absolute atomic E-state index is 13.5. The topological polar surface area (TPSA) is 121 Å². The van der Waals surface area contributed by atoms with E-state index in [1.807, 2.05) is 0 Å². The van der Waals surface area contributed by atoms with Crippen molar-refractivity contribution in [2.75, 3.05) is 6.54 Å². The van der Waals surface area contributed by atoms with E-state index in [1.54, 1.807) is 0 Å². The van der Waals surface area contributed by atoms with Crippen LogP contribution in [0.4, 0.5) is 14.5 Å². The molecule has 1 unspecified atom stereocenters. The maximum atomic E-state index is 13.5. The lowest BCUT2D eigenvalue weighted by Gasteiger charge is -2.11. The molecular formula is C12H11F2N5O2. The van der Waals surface area contributed by atoms with Crippen molar-refractivity contribution in [1.29, 1.82) is 0 Å². The van der Waals surface area contributed by atoms with Gasteiger partial charge in [-0.1, -0.05) is 11.7 Å². The summed E-state index contributed by atoms with van der Waals surface area (Å²) in [4.78, 5) is 25.1. The lowest BCUT2D eigenvalue weighted by molar-refractivity contribution is -0.116. The summed E-state index contributed by atoms with van der Waals surface area (Å²) in [6, 6.07) is 0.243. The number of nitrogens with zero attached hydrogens (tertiary/aromatic N) is 3. The average Bonchev–Trinajstić information content (AvgIpc) is 2.46. The lowest BCUT2D eigenvalue weighted by Crippen LogP contribution is -2.42. The van der Waals surface area contributed by atoms with Gasteiger partial charge in [0.2, 0.25) is 5.91 Å². The van der Waals surface area contributed by atoms with Gasteiger partial charge < -0.3 is 11.1 Å². The Hall–Kier alpha value is -2.77. The van der Waals surface area contributed by atoms with Gasteiger partial charge in [-0.2, -0.15) is 0 Å². The molecule has 3 N–H and O–H groups in total. The van der Waals surface area contributed by atoms with Crippen LogP contribution in [0.2, 0.25) is 0 Å². The minimum Gasteiger partial charge on any atom is -0.351 e. The lowest BCUT2D eigenvalue weighted by atomic mass is 10.0.